The highest BCUT2D eigenvalue weighted by molar-refractivity contribution is 5.76. The van der Waals surface area contributed by atoms with E-state index in [4.69, 9.17) is 5.73 Å². The van der Waals surface area contributed by atoms with Crippen LogP contribution in [0.15, 0.2) is 48.5 Å². The molecule has 0 fully saturated rings. The molecule has 2 aromatic carbocycles. The Bertz CT molecular complexity index is 497. The van der Waals surface area contributed by atoms with Gasteiger partial charge in [-0.05, 0) is 29.8 Å². The SMILES string of the molecule is Nc1c[c]cc(N(C=O)Cc2ccccc2)c1. The van der Waals surface area contributed by atoms with Crippen LogP contribution in [0.4, 0.5) is 11.4 Å². The topological polar surface area (TPSA) is 46.3 Å². The standard InChI is InChI=1S/C14H13N2O/c15-13-7-4-8-14(9-13)16(11-17)10-12-5-2-1-3-6-12/h1-3,5-9,11H,10,15H2. The number of rotatable bonds is 4. The Morgan fingerprint density at radius 2 is 2.00 bits per heavy atom. The van der Waals surface area contributed by atoms with Gasteiger partial charge >= 0.3 is 0 Å². The number of nitrogen functional groups attached to an aromatic ring is 1. The first-order valence-electron chi connectivity index (χ1n) is 5.32. The van der Waals surface area contributed by atoms with Gasteiger partial charge in [0.2, 0.25) is 6.41 Å². The van der Waals surface area contributed by atoms with Crippen molar-refractivity contribution in [1.29, 1.82) is 0 Å². The number of hydrogen-bond donors (Lipinski definition) is 1. The van der Waals surface area contributed by atoms with E-state index in [-0.39, 0.29) is 0 Å². The average molecular weight is 225 g/mol. The summed E-state index contributed by atoms with van der Waals surface area (Å²) in [6, 6.07) is 17.9. The zero-order valence-electron chi connectivity index (χ0n) is 9.34. The van der Waals surface area contributed by atoms with Crippen molar-refractivity contribution in [3.63, 3.8) is 0 Å². The molecule has 0 atom stereocenters. The first-order chi connectivity index (χ1) is 8.29. The maximum atomic E-state index is 11.1. The van der Waals surface area contributed by atoms with Crippen LogP contribution in [0, 0.1) is 6.07 Å². The molecule has 0 bridgehead atoms. The predicted molar refractivity (Wildman–Crippen MR) is 68.4 cm³/mol. The molecule has 3 nitrogen and oxygen atoms in total. The summed E-state index contributed by atoms with van der Waals surface area (Å²) in [5.41, 5.74) is 8.09. The number of hydrogen-bond acceptors (Lipinski definition) is 2. The van der Waals surface area contributed by atoms with E-state index in [9.17, 15) is 4.79 Å². The van der Waals surface area contributed by atoms with E-state index < -0.39 is 0 Å². The van der Waals surface area contributed by atoms with Crippen molar-refractivity contribution >= 4 is 17.8 Å². The third kappa shape index (κ3) is 2.84. The van der Waals surface area contributed by atoms with E-state index in [0.29, 0.717) is 12.2 Å². The van der Waals surface area contributed by atoms with E-state index in [1.807, 2.05) is 30.3 Å². The van der Waals surface area contributed by atoms with E-state index in [0.717, 1.165) is 17.7 Å². The molecule has 0 spiro atoms. The summed E-state index contributed by atoms with van der Waals surface area (Å²) < 4.78 is 0. The van der Waals surface area contributed by atoms with Crippen molar-refractivity contribution in [3.8, 4) is 0 Å². The zero-order valence-corrected chi connectivity index (χ0v) is 9.34. The summed E-state index contributed by atoms with van der Waals surface area (Å²) in [4.78, 5) is 12.7. The van der Waals surface area contributed by atoms with Crippen LogP contribution in [0.1, 0.15) is 5.56 Å². The molecule has 1 amide bonds. The molecule has 17 heavy (non-hydrogen) atoms. The van der Waals surface area contributed by atoms with Crippen molar-refractivity contribution in [3.05, 3.63) is 60.2 Å². The smallest absolute Gasteiger partial charge is 0.214 e. The second-order valence-corrected chi connectivity index (χ2v) is 3.74. The Balaban J connectivity index is 2.20. The van der Waals surface area contributed by atoms with Crippen LogP contribution >= 0.6 is 0 Å². The Morgan fingerprint density at radius 3 is 2.65 bits per heavy atom. The quantitative estimate of drug-likeness (QED) is 0.640. The molecular formula is C14H13N2O. The lowest BCUT2D eigenvalue weighted by atomic mass is 10.2. The predicted octanol–water partition coefficient (Wildman–Crippen LogP) is 2.23. The van der Waals surface area contributed by atoms with Crippen LogP contribution in [0.25, 0.3) is 0 Å². The van der Waals surface area contributed by atoms with Gasteiger partial charge in [-0.1, -0.05) is 30.3 Å². The highest BCUT2D eigenvalue weighted by Gasteiger charge is 2.05. The van der Waals surface area contributed by atoms with Gasteiger partial charge in [-0.25, -0.2) is 0 Å². The second-order valence-electron chi connectivity index (χ2n) is 3.74. The summed E-state index contributed by atoms with van der Waals surface area (Å²) in [6.07, 6.45) is 0.801. The third-order valence-corrected chi connectivity index (χ3v) is 2.45. The van der Waals surface area contributed by atoms with Gasteiger partial charge in [-0.3, -0.25) is 4.79 Å². The number of carbonyl (C=O) groups is 1. The number of benzene rings is 2. The van der Waals surface area contributed by atoms with Gasteiger partial charge in [0.15, 0.2) is 0 Å². The number of nitrogens with two attached hydrogens (primary N) is 1. The van der Waals surface area contributed by atoms with E-state index in [1.165, 1.54) is 0 Å². The van der Waals surface area contributed by atoms with Crippen molar-refractivity contribution in [2.75, 3.05) is 10.6 Å². The highest BCUT2D eigenvalue weighted by atomic mass is 16.1. The maximum absolute atomic E-state index is 11.1. The van der Waals surface area contributed by atoms with E-state index in [2.05, 4.69) is 6.07 Å². The van der Waals surface area contributed by atoms with Gasteiger partial charge in [0.25, 0.3) is 0 Å². The highest BCUT2D eigenvalue weighted by Crippen LogP contribution is 2.18. The molecule has 0 heterocycles. The lowest BCUT2D eigenvalue weighted by molar-refractivity contribution is -0.107. The molecule has 0 aromatic heterocycles. The summed E-state index contributed by atoms with van der Waals surface area (Å²) in [5, 5.41) is 0. The van der Waals surface area contributed by atoms with Crippen molar-refractivity contribution < 1.29 is 4.79 Å². The largest absolute Gasteiger partial charge is 0.399 e. The summed E-state index contributed by atoms with van der Waals surface area (Å²) in [7, 11) is 0. The fraction of sp³-hybridized carbons (Fsp3) is 0.0714. The number of carbonyl (C=O) groups excluding carboxylic acids is 1. The normalized spacial score (nSPS) is 9.88. The molecule has 0 saturated carbocycles. The molecule has 0 aliphatic carbocycles. The minimum atomic E-state index is 0.529. The van der Waals surface area contributed by atoms with Crippen LogP contribution in [-0.2, 0) is 11.3 Å². The molecular weight excluding hydrogens is 212 g/mol. The minimum absolute atomic E-state index is 0.529. The van der Waals surface area contributed by atoms with Crippen molar-refractivity contribution in [2.24, 2.45) is 0 Å². The summed E-state index contributed by atoms with van der Waals surface area (Å²) in [6.45, 7) is 0.529. The van der Waals surface area contributed by atoms with E-state index >= 15 is 0 Å². The van der Waals surface area contributed by atoms with Crippen LogP contribution in [0.2, 0.25) is 0 Å². The molecule has 2 aromatic rings. The molecule has 3 heteroatoms. The van der Waals surface area contributed by atoms with Gasteiger partial charge in [-0.2, -0.15) is 0 Å². The minimum Gasteiger partial charge on any atom is -0.399 e. The van der Waals surface area contributed by atoms with Crippen LogP contribution in [0.3, 0.4) is 0 Å². The van der Waals surface area contributed by atoms with Gasteiger partial charge < -0.3 is 10.6 Å². The van der Waals surface area contributed by atoms with Gasteiger partial charge in [-0.15, -0.1) is 0 Å². The first-order valence-corrected chi connectivity index (χ1v) is 5.32. The van der Waals surface area contributed by atoms with Gasteiger partial charge in [0.1, 0.15) is 0 Å². The Hall–Kier alpha value is -2.29. The van der Waals surface area contributed by atoms with Crippen molar-refractivity contribution in [1.82, 2.24) is 0 Å². The molecule has 0 unspecified atom stereocenters. The summed E-state index contributed by atoms with van der Waals surface area (Å²) in [5.74, 6) is 0. The fourth-order valence-corrected chi connectivity index (χ4v) is 1.61. The fourth-order valence-electron chi connectivity index (χ4n) is 1.61. The molecule has 0 aliphatic heterocycles. The Morgan fingerprint density at radius 1 is 1.24 bits per heavy atom. The number of anilines is 2. The van der Waals surface area contributed by atoms with Crippen LogP contribution in [-0.4, -0.2) is 6.41 Å². The van der Waals surface area contributed by atoms with Gasteiger partial charge in [0.05, 0.1) is 6.54 Å². The maximum Gasteiger partial charge on any atom is 0.214 e. The van der Waals surface area contributed by atoms with Crippen LogP contribution in [0.5, 0.6) is 0 Å². The first kappa shape index (κ1) is 11.2. The number of amides is 1. The molecule has 0 saturated heterocycles. The lowest BCUT2D eigenvalue weighted by Gasteiger charge is -2.17. The van der Waals surface area contributed by atoms with E-state index in [1.54, 1.807) is 23.1 Å². The molecule has 2 rings (SSSR count). The Labute approximate surface area is 100 Å². The number of nitrogens with zero attached hydrogens (tertiary/aromatic N) is 1. The molecule has 1 radical (unpaired) electrons. The molecule has 0 aliphatic rings. The molecule has 85 valence electrons. The third-order valence-electron chi connectivity index (χ3n) is 2.45. The Kier molecular flexibility index (Phi) is 3.40. The lowest BCUT2D eigenvalue weighted by Crippen LogP contribution is -2.20. The summed E-state index contributed by atoms with van der Waals surface area (Å²) >= 11 is 0. The van der Waals surface area contributed by atoms with Crippen LogP contribution < -0.4 is 10.6 Å². The van der Waals surface area contributed by atoms with Crippen molar-refractivity contribution in [2.45, 2.75) is 6.54 Å². The molecule has 2 N–H and O–H groups in total. The zero-order chi connectivity index (χ0) is 12.1. The average Bonchev–Trinajstić information content (AvgIpc) is 2.37. The monoisotopic (exact) mass is 225 g/mol. The second kappa shape index (κ2) is 5.16. The van der Waals surface area contributed by atoms with Gasteiger partial charge in [0, 0.05) is 11.4 Å².